The zero-order valence-electron chi connectivity index (χ0n) is 12.4. The van der Waals surface area contributed by atoms with Gasteiger partial charge in [0.2, 0.25) is 5.95 Å². The molecule has 0 fully saturated rings. The molecule has 7 nitrogen and oxygen atoms in total. The maximum atomic E-state index is 5.02. The number of aromatic nitrogens is 4. The monoisotopic (exact) mass is 296 g/mol. The van der Waals surface area contributed by atoms with Crippen LogP contribution < -0.4 is 10.6 Å². The number of nitrogens with zero attached hydrogens (tertiary/aromatic N) is 4. The number of nitrogens with one attached hydrogen (secondary N) is 2. The van der Waals surface area contributed by atoms with Crippen molar-refractivity contribution in [2.45, 2.75) is 20.4 Å². The molecule has 3 aromatic heterocycles. The van der Waals surface area contributed by atoms with Crippen LogP contribution in [0, 0.1) is 13.8 Å². The van der Waals surface area contributed by atoms with Gasteiger partial charge in [0, 0.05) is 36.8 Å². The van der Waals surface area contributed by atoms with Gasteiger partial charge in [-0.05, 0) is 25.5 Å². The molecule has 112 valence electrons. The van der Waals surface area contributed by atoms with E-state index in [4.69, 9.17) is 4.52 Å². The first kappa shape index (κ1) is 14.0. The van der Waals surface area contributed by atoms with Crippen LogP contribution in [0.1, 0.15) is 17.0 Å². The van der Waals surface area contributed by atoms with E-state index in [9.17, 15) is 0 Å². The third-order valence-electron chi connectivity index (χ3n) is 2.91. The molecule has 2 N–H and O–H groups in total. The average Bonchev–Trinajstić information content (AvgIpc) is 2.91. The van der Waals surface area contributed by atoms with Gasteiger partial charge in [-0.15, -0.1) is 0 Å². The minimum absolute atomic E-state index is 0.548. The molecule has 0 aliphatic carbocycles. The summed E-state index contributed by atoms with van der Waals surface area (Å²) in [4.78, 5) is 12.9. The van der Waals surface area contributed by atoms with Crippen molar-refractivity contribution in [1.29, 1.82) is 0 Å². The van der Waals surface area contributed by atoms with Crippen molar-refractivity contribution in [3.05, 3.63) is 53.7 Å². The van der Waals surface area contributed by atoms with Crippen LogP contribution in [0.2, 0.25) is 0 Å². The van der Waals surface area contributed by atoms with Crippen molar-refractivity contribution in [3.8, 4) is 0 Å². The van der Waals surface area contributed by atoms with Crippen LogP contribution in [0.5, 0.6) is 0 Å². The van der Waals surface area contributed by atoms with E-state index in [-0.39, 0.29) is 0 Å². The van der Waals surface area contributed by atoms with Gasteiger partial charge in [-0.2, -0.15) is 4.98 Å². The van der Waals surface area contributed by atoms with Crippen molar-refractivity contribution in [3.63, 3.8) is 0 Å². The molecule has 0 spiro atoms. The van der Waals surface area contributed by atoms with Gasteiger partial charge < -0.3 is 15.2 Å². The van der Waals surface area contributed by atoms with Gasteiger partial charge in [0.15, 0.2) is 5.82 Å². The van der Waals surface area contributed by atoms with Crippen molar-refractivity contribution in [1.82, 2.24) is 20.1 Å². The fraction of sp³-hybridized carbons (Fsp3) is 0.200. The maximum absolute atomic E-state index is 5.02. The van der Waals surface area contributed by atoms with Crippen LogP contribution in [-0.4, -0.2) is 20.1 Å². The topological polar surface area (TPSA) is 88.8 Å². The van der Waals surface area contributed by atoms with E-state index in [0.717, 1.165) is 17.0 Å². The Bertz CT molecular complexity index is 756. The van der Waals surface area contributed by atoms with Crippen LogP contribution in [0.4, 0.5) is 17.6 Å². The van der Waals surface area contributed by atoms with Gasteiger partial charge in [0.1, 0.15) is 11.6 Å². The SMILES string of the molecule is Cc1cc(Nc2cc(C)on2)nc(NCc2cccnc2)n1. The third kappa shape index (κ3) is 3.57. The summed E-state index contributed by atoms with van der Waals surface area (Å²) >= 11 is 0. The van der Waals surface area contributed by atoms with Gasteiger partial charge in [0.25, 0.3) is 0 Å². The molecule has 3 rings (SSSR count). The minimum Gasteiger partial charge on any atom is -0.360 e. The van der Waals surface area contributed by atoms with Gasteiger partial charge in [0.05, 0.1) is 0 Å². The second kappa shape index (κ2) is 6.21. The van der Waals surface area contributed by atoms with E-state index in [0.29, 0.717) is 24.1 Å². The summed E-state index contributed by atoms with van der Waals surface area (Å²) in [6.45, 7) is 4.36. The van der Waals surface area contributed by atoms with Crippen LogP contribution in [0.15, 0.2) is 41.2 Å². The zero-order valence-corrected chi connectivity index (χ0v) is 12.4. The Kier molecular flexibility index (Phi) is 3.95. The van der Waals surface area contributed by atoms with Gasteiger partial charge in [-0.25, -0.2) is 4.98 Å². The highest BCUT2D eigenvalue weighted by atomic mass is 16.5. The molecule has 3 heterocycles. The number of hydrogen-bond acceptors (Lipinski definition) is 7. The summed E-state index contributed by atoms with van der Waals surface area (Å²) in [6, 6.07) is 7.54. The van der Waals surface area contributed by atoms with E-state index >= 15 is 0 Å². The predicted molar refractivity (Wildman–Crippen MR) is 82.9 cm³/mol. The Morgan fingerprint density at radius 3 is 2.77 bits per heavy atom. The van der Waals surface area contributed by atoms with Gasteiger partial charge in [-0.1, -0.05) is 11.2 Å². The summed E-state index contributed by atoms with van der Waals surface area (Å²) < 4.78 is 5.02. The Morgan fingerprint density at radius 1 is 1.14 bits per heavy atom. The second-order valence-corrected chi connectivity index (χ2v) is 4.88. The Balaban J connectivity index is 1.72. The van der Waals surface area contributed by atoms with Crippen molar-refractivity contribution in [2.75, 3.05) is 10.6 Å². The van der Waals surface area contributed by atoms with Crippen LogP contribution in [0.3, 0.4) is 0 Å². The molecule has 0 aliphatic heterocycles. The number of hydrogen-bond donors (Lipinski definition) is 2. The normalized spacial score (nSPS) is 10.5. The molecule has 0 saturated carbocycles. The summed E-state index contributed by atoms with van der Waals surface area (Å²) in [5.41, 5.74) is 1.92. The lowest BCUT2D eigenvalue weighted by Gasteiger charge is -2.08. The summed E-state index contributed by atoms with van der Waals surface area (Å²) in [6.07, 6.45) is 3.55. The summed E-state index contributed by atoms with van der Waals surface area (Å²) in [7, 11) is 0. The quantitative estimate of drug-likeness (QED) is 0.748. The lowest BCUT2D eigenvalue weighted by molar-refractivity contribution is 0.400. The van der Waals surface area contributed by atoms with E-state index in [1.54, 1.807) is 18.5 Å². The summed E-state index contributed by atoms with van der Waals surface area (Å²) in [5, 5.41) is 10.2. The molecule has 0 saturated heterocycles. The highest BCUT2D eigenvalue weighted by Gasteiger charge is 2.05. The Labute approximate surface area is 127 Å². The molecule has 3 aromatic rings. The first-order valence-electron chi connectivity index (χ1n) is 6.88. The molecule has 22 heavy (non-hydrogen) atoms. The van der Waals surface area contributed by atoms with E-state index in [1.807, 2.05) is 32.0 Å². The Hall–Kier alpha value is -2.96. The molecule has 0 radical (unpaired) electrons. The molecule has 0 aromatic carbocycles. The number of anilines is 3. The first-order valence-corrected chi connectivity index (χ1v) is 6.88. The highest BCUT2D eigenvalue weighted by molar-refractivity contribution is 5.53. The van der Waals surface area contributed by atoms with E-state index < -0.39 is 0 Å². The fourth-order valence-corrected chi connectivity index (χ4v) is 1.95. The zero-order chi connectivity index (χ0) is 15.4. The predicted octanol–water partition coefficient (Wildman–Crippen LogP) is 2.83. The number of rotatable bonds is 5. The fourth-order valence-electron chi connectivity index (χ4n) is 1.95. The second-order valence-electron chi connectivity index (χ2n) is 4.88. The van der Waals surface area contributed by atoms with Crippen molar-refractivity contribution < 1.29 is 4.52 Å². The Morgan fingerprint density at radius 2 is 2.05 bits per heavy atom. The molecular formula is C15H16N6O. The minimum atomic E-state index is 0.548. The largest absolute Gasteiger partial charge is 0.360 e. The van der Waals surface area contributed by atoms with E-state index in [2.05, 4.69) is 30.7 Å². The average molecular weight is 296 g/mol. The van der Waals surface area contributed by atoms with Gasteiger partial charge in [-0.3, -0.25) is 4.98 Å². The number of aryl methyl sites for hydroxylation is 2. The first-order chi connectivity index (χ1) is 10.7. The van der Waals surface area contributed by atoms with Crippen molar-refractivity contribution in [2.24, 2.45) is 0 Å². The molecule has 0 bridgehead atoms. The van der Waals surface area contributed by atoms with Crippen LogP contribution in [-0.2, 0) is 6.54 Å². The molecule has 7 heteroatoms. The lowest BCUT2D eigenvalue weighted by atomic mass is 10.3. The molecule has 0 amide bonds. The lowest BCUT2D eigenvalue weighted by Crippen LogP contribution is -2.06. The standard InChI is InChI=1S/C15H16N6O/c1-10-6-13(19-14-7-11(2)22-21-14)20-15(18-10)17-9-12-4-3-5-16-8-12/h3-8H,9H2,1-2H3,(H2,17,18,19,20,21). The highest BCUT2D eigenvalue weighted by Crippen LogP contribution is 2.16. The van der Waals surface area contributed by atoms with Crippen molar-refractivity contribution >= 4 is 17.6 Å². The molecule has 0 atom stereocenters. The maximum Gasteiger partial charge on any atom is 0.225 e. The molecule has 0 aliphatic rings. The third-order valence-corrected chi connectivity index (χ3v) is 2.91. The molecular weight excluding hydrogens is 280 g/mol. The van der Waals surface area contributed by atoms with Gasteiger partial charge >= 0.3 is 0 Å². The van der Waals surface area contributed by atoms with Crippen LogP contribution in [0.25, 0.3) is 0 Å². The molecule has 0 unspecified atom stereocenters. The number of pyridine rings is 1. The van der Waals surface area contributed by atoms with E-state index in [1.165, 1.54) is 0 Å². The summed E-state index contributed by atoms with van der Waals surface area (Å²) in [5.74, 6) is 2.57. The van der Waals surface area contributed by atoms with Crippen LogP contribution >= 0.6 is 0 Å². The smallest absolute Gasteiger partial charge is 0.225 e.